The summed E-state index contributed by atoms with van der Waals surface area (Å²) in [7, 11) is -3.48. The number of rotatable bonds is 5. The maximum atomic E-state index is 13.1. The predicted octanol–water partition coefficient (Wildman–Crippen LogP) is 3.03. The molecule has 0 unspecified atom stereocenters. The van der Waals surface area contributed by atoms with Crippen LogP contribution in [0.1, 0.15) is 16.7 Å². The van der Waals surface area contributed by atoms with E-state index in [2.05, 4.69) is 0 Å². The monoisotopic (exact) mass is 349 g/mol. The third-order valence-electron chi connectivity index (χ3n) is 4.15. The fraction of sp³-hybridized carbons (Fsp3) is 0.333. The lowest BCUT2D eigenvalue weighted by molar-refractivity contribution is -0.0296. The van der Waals surface area contributed by atoms with Crippen LogP contribution >= 0.6 is 0 Å². The highest BCUT2D eigenvalue weighted by atomic mass is 32.2. The summed E-state index contributed by atoms with van der Waals surface area (Å²) in [4.78, 5) is 0.353. The van der Waals surface area contributed by atoms with Crippen LogP contribution in [0, 0.1) is 19.7 Å². The third-order valence-corrected chi connectivity index (χ3v) is 6.12. The van der Waals surface area contributed by atoms with Gasteiger partial charge in [-0.2, -0.15) is 4.31 Å². The molecule has 1 aliphatic rings. The summed E-state index contributed by atoms with van der Waals surface area (Å²) in [5.41, 5.74) is 2.40. The second-order valence-corrected chi connectivity index (χ2v) is 8.06. The van der Waals surface area contributed by atoms with Crippen LogP contribution in [0.4, 0.5) is 4.39 Å². The van der Waals surface area contributed by atoms with Crippen LogP contribution in [0.15, 0.2) is 47.4 Å². The van der Waals surface area contributed by atoms with Crippen LogP contribution in [0.5, 0.6) is 0 Å². The number of halogens is 1. The quantitative estimate of drug-likeness (QED) is 0.834. The first-order valence-electron chi connectivity index (χ1n) is 7.80. The molecule has 0 spiro atoms. The smallest absolute Gasteiger partial charge is 0.243 e. The molecule has 1 heterocycles. The number of nitrogens with zero attached hydrogens (tertiary/aromatic N) is 1. The van der Waals surface area contributed by atoms with E-state index in [4.69, 9.17) is 4.74 Å². The summed E-state index contributed by atoms with van der Waals surface area (Å²) in [5, 5.41) is 0. The zero-order chi connectivity index (χ0) is 17.3. The number of sulfonamides is 1. The lowest BCUT2D eigenvalue weighted by Gasteiger charge is -2.38. The Hall–Kier alpha value is -1.76. The van der Waals surface area contributed by atoms with Crippen molar-refractivity contribution in [3.63, 3.8) is 0 Å². The molecule has 0 aromatic heterocycles. The van der Waals surface area contributed by atoms with Gasteiger partial charge in [-0.1, -0.05) is 24.3 Å². The van der Waals surface area contributed by atoms with E-state index in [1.807, 2.05) is 19.1 Å². The van der Waals surface area contributed by atoms with E-state index in [0.717, 1.165) is 16.7 Å². The minimum atomic E-state index is -3.48. The van der Waals surface area contributed by atoms with E-state index in [0.29, 0.717) is 18.0 Å². The van der Waals surface area contributed by atoms with Crippen molar-refractivity contribution in [2.24, 2.45) is 0 Å². The molecule has 1 fully saturated rings. The topological polar surface area (TPSA) is 46.6 Å². The van der Waals surface area contributed by atoms with E-state index in [-0.39, 0.29) is 18.5 Å². The fourth-order valence-electron chi connectivity index (χ4n) is 2.67. The minimum Gasteiger partial charge on any atom is -0.371 e. The molecule has 0 bridgehead atoms. The molecular weight excluding hydrogens is 329 g/mol. The molecule has 0 aliphatic carbocycles. The Bertz CT molecular complexity index is 845. The molecule has 1 aliphatic heterocycles. The van der Waals surface area contributed by atoms with Crippen molar-refractivity contribution in [3.05, 3.63) is 65.0 Å². The van der Waals surface area contributed by atoms with Gasteiger partial charge in [-0.3, -0.25) is 0 Å². The summed E-state index contributed by atoms with van der Waals surface area (Å²) >= 11 is 0. The Morgan fingerprint density at radius 3 is 2.62 bits per heavy atom. The predicted molar refractivity (Wildman–Crippen MR) is 89.7 cm³/mol. The number of aryl methyl sites for hydroxylation is 2. The minimum absolute atomic E-state index is 0.159. The maximum absolute atomic E-state index is 13.1. The number of hydrogen-bond acceptors (Lipinski definition) is 3. The van der Waals surface area contributed by atoms with Crippen LogP contribution in [0.3, 0.4) is 0 Å². The highest BCUT2D eigenvalue weighted by molar-refractivity contribution is 7.89. The average Bonchev–Trinajstić information content (AvgIpc) is 2.48. The molecule has 0 saturated carbocycles. The van der Waals surface area contributed by atoms with Crippen molar-refractivity contribution in [2.75, 3.05) is 13.1 Å². The van der Waals surface area contributed by atoms with Gasteiger partial charge in [0.05, 0.1) is 17.6 Å². The molecule has 2 aromatic carbocycles. The van der Waals surface area contributed by atoms with Crippen LogP contribution in [-0.2, 0) is 21.4 Å². The van der Waals surface area contributed by atoms with Crippen LogP contribution in [-0.4, -0.2) is 31.9 Å². The molecule has 3 rings (SSSR count). The molecule has 0 atom stereocenters. The van der Waals surface area contributed by atoms with Gasteiger partial charge in [0.15, 0.2) is 0 Å². The van der Waals surface area contributed by atoms with Crippen molar-refractivity contribution in [2.45, 2.75) is 31.5 Å². The summed E-state index contributed by atoms with van der Waals surface area (Å²) in [6.07, 6.45) is -0.159. The summed E-state index contributed by atoms with van der Waals surface area (Å²) in [6.45, 7) is 4.60. The van der Waals surface area contributed by atoms with Gasteiger partial charge in [0.25, 0.3) is 0 Å². The first-order valence-corrected chi connectivity index (χ1v) is 9.24. The molecule has 2 aromatic rings. The molecule has 6 heteroatoms. The highest BCUT2D eigenvalue weighted by Crippen LogP contribution is 2.26. The molecule has 0 radical (unpaired) electrons. The maximum Gasteiger partial charge on any atom is 0.243 e. The van der Waals surface area contributed by atoms with Crippen LogP contribution < -0.4 is 0 Å². The normalized spacial score (nSPS) is 16.1. The van der Waals surface area contributed by atoms with Crippen molar-refractivity contribution >= 4 is 10.0 Å². The fourth-order valence-corrected chi connectivity index (χ4v) is 4.48. The molecule has 0 amide bonds. The van der Waals surface area contributed by atoms with Gasteiger partial charge >= 0.3 is 0 Å². The van der Waals surface area contributed by atoms with Crippen molar-refractivity contribution < 1.29 is 17.5 Å². The first-order chi connectivity index (χ1) is 11.4. The number of ether oxygens (including phenoxy) is 1. The number of benzene rings is 2. The van der Waals surface area contributed by atoms with Gasteiger partial charge in [-0.15, -0.1) is 0 Å². The lowest BCUT2D eigenvalue weighted by Crippen LogP contribution is -2.54. The Morgan fingerprint density at radius 1 is 1.17 bits per heavy atom. The number of hydrogen-bond donors (Lipinski definition) is 0. The standard InChI is InChI=1S/C18H20FNO3S/c1-13-6-7-14(2)18(8-13)24(21,22)20-10-17(11-20)23-12-15-4-3-5-16(19)9-15/h3-9,17H,10-12H2,1-2H3. The zero-order valence-electron chi connectivity index (χ0n) is 13.7. The van der Waals surface area contributed by atoms with Gasteiger partial charge in [-0.25, -0.2) is 12.8 Å². The van der Waals surface area contributed by atoms with Gasteiger partial charge in [0.1, 0.15) is 5.82 Å². The summed E-state index contributed by atoms with van der Waals surface area (Å²) in [6, 6.07) is 11.6. The highest BCUT2D eigenvalue weighted by Gasteiger charge is 2.38. The average molecular weight is 349 g/mol. The van der Waals surface area contributed by atoms with Crippen molar-refractivity contribution in [1.29, 1.82) is 0 Å². The second-order valence-electron chi connectivity index (χ2n) is 6.15. The third kappa shape index (κ3) is 3.50. The second kappa shape index (κ2) is 6.63. The van der Waals surface area contributed by atoms with E-state index >= 15 is 0 Å². The van der Waals surface area contributed by atoms with E-state index in [1.165, 1.54) is 16.4 Å². The summed E-state index contributed by atoms with van der Waals surface area (Å²) in [5.74, 6) is -0.302. The molecular formula is C18H20FNO3S. The van der Waals surface area contributed by atoms with E-state index < -0.39 is 10.0 Å². The van der Waals surface area contributed by atoms with Crippen LogP contribution in [0.25, 0.3) is 0 Å². The Labute approximate surface area is 141 Å². The first kappa shape index (κ1) is 17.1. The Kier molecular flexibility index (Phi) is 4.71. The molecule has 4 nitrogen and oxygen atoms in total. The SMILES string of the molecule is Cc1ccc(C)c(S(=O)(=O)N2CC(OCc3cccc(F)c3)C2)c1. The van der Waals surface area contributed by atoms with Crippen LogP contribution in [0.2, 0.25) is 0 Å². The Morgan fingerprint density at radius 2 is 1.92 bits per heavy atom. The largest absolute Gasteiger partial charge is 0.371 e. The zero-order valence-corrected chi connectivity index (χ0v) is 14.5. The molecule has 24 heavy (non-hydrogen) atoms. The van der Waals surface area contributed by atoms with E-state index in [1.54, 1.807) is 25.1 Å². The van der Waals surface area contributed by atoms with Gasteiger partial charge in [-0.05, 0) is 48.7 Å². The van der Waals surface area contributed by atoms with Gasteiger partial charge in [0, 0.05) is 13.1 Å². The molecule has 0 N–H and O–H groups in total. The Balaban J connectivity index is 1.60. The lowest BCUT2D eigenvalue weighted by atomic mass is 10.2. The van der Waals surface area contributed by atoms with Crippen molar-refractivity contribution in [1.82, 2.24) is 4.31 Å². The molecule has 1 saturated heterocycles. The molecule has 128 valence electrons. The van der Waals surface area contributed by atoms with Gasteiger partial charge < -0.3 is 4.74 Å². The summed E-state index contributed by atoms with van der Waals surface area (Å²) < 4.78 is 45.5. The van der Waals surface area contributed by atoms with Gasteiger partial charge in [0.2, 0.25) is 10.0 Å². The van der Waals surface area contributed by atoms with E-state index in [9.17, 15) is 12.8 Å². The van der Waals surface area contributed by atoms with Crippen molar-refractivity contribution in [3.8, 4) is 0 Å².